The first-order valence-electron chi connectivity index (χ1n) is 8.04. The SMILES string of the molecule is COC(=O)CC=O.COC(=O)c1ccccc1N(C)/N=C/c1ccccc1. The number of ether oxygens (including phenoxy) is 2. The average Bonchev–Trinajstić information content (AvgIpc) is 2.72. The number of para-hydroxylation sites is 1. The van der Waals surface area contributed by atoms with E-state index in [0.717, 1.165) is 5.56 Å². The van der Waals surface area contributed by atoms with Crippen molar-refractivity contribution in [2.75, 3.05) is 26.3 Å². The minimum atomic E-state index is -0.491. The third-order valence-corrected chi connectivity index (χ3v) is 3.32. The summed E-state index contributed by atoms with van der Waals surface area (Å²) in [5.41, 5.74) is 2.18. The zero-order chi connectivity index (χ0) is 20.1. The Kier molecular flexibility index (Phi) is 9.56. The Labute approximate surface area is 158 Å². The molecule has 0 radical (unpaired) electrons. The van der Waals surface area contributed by atoms with Crippen molar-refractivity contribution in [2.24, 2.45) is 5.10 Å². The summed E-state index contributed by atoms with van der Waals surface area (Å²) >= 11 is 0. The number of nitrogens with zero attached hydrogens (tertiary/aromatic N) is 2. The second-order valence-corrected chi connectivity index (χ2v) is 5.13. The highest BCUT2D eigenvalue weighted by Crippen LogP contribution is 2.20. The van der Waals surface area contributed by atoms with E-state index in [2.05, 4.69) is 9.84 Å². The Morgan fingerprint density at radius 2 is 1.63 bits per heavy atom. The predicted molar refractivity (Wildman–Crippen MR) is 103 cm³/mol. The molecule has 0 saturated heterocycles. The maximum atomic E-state index is 11.7. The Morgan fingerprint density at radius 3 is 2.19 bits per heavy atom. The van der Waals surface area contributed by atoms with E-state index in [-0.39, 0.29) is 12.4 Å². The molecule has 0 bridgehead atoms. The van der Waals surface area contributed by atoms with Gasteiger partial charge in [0.05, 0.1) is 31.7 Å². The molecule has 7 nitrogen and oxygen atoms in total. The molecule has 27 heavy (non-hydrogen) atoms. The van der Waals surface area contributed by atoms with Crippen LogP contribution in [0.3, 0.4) is 0 Å². The molecular weight excluding hydrogens is 348 g/mol. The van der Waals surface area contributed by atoms with Crippen LogP contribution in [0.4, 0.5) is 5.69 Å². The van der Waals surface area contributed by atoms with Crippen molar-refractivity contribution in [3.63, 3.8) is 0 Å². The van der Waals surface area contributed by atoms with E-state index < -0.39 is 5.97 Å². The molecule has 0 aliphatic carbocycles. The molecule has 0 spiro atoms. The summed E-state index contributed by atoms with van der Waals surface area (Å²) in [5, 5.41) is 5.99. The van der Waals surface area contributed by atoms with Gasteiger partial charge >= 0.3 is 11.9 Å². The fraction of sp³-hybridized carbons (Fsp3) is 0.200. The number of hydrazone groups is 1. The van der Waals surface area contributed by atoms with Crippen LogP contribution < -0.4 is 5.01 Å². The fourth-order valence-electron chi connectivity index (χ4n) is 1.94. The number of aldehydes is 1. The van der Waals surface area contributed by atoms with Crippen LogP contribution in [0.1, 0.15) is 22.3 Å². The number of hydrogen-bond donors (Lipinski definition) is 0. The number of rotatable bonds is 6. The largest absolute Gasteiger partial charge is 0.469 e. The van der Waals surface area contributed by atoms with Crippen LogP contribution in [-0.4, -0.2) is 45.7 Å². The first-order valence-corrected chi connectivity index (χ1v) is 8.04. The molecule has 0 saturated carbocycles. The zero-order valence-electron chi connectivity index (χ0n) is 15.5. The van der Waals surface area contributed by atoms with Crippen LogP contribution in [0, 0.1) is 0 Å². The summed E-state index contributed by atoms with van der Waals surface area (Å²) in [6, 6.07) is 17.0. The summed E-state index contributed by atoms with van der Waals surface area (Å²) in [7, 11) is 4.40. The van der Waals surface area contributed by atoms with Crippen LogP contribution in [0.5, 0.6) is 0 Å². The molecular formula is C20H22N2O5. The van der Waals surface area contributed by atoms with E-state index in [0.29, 0.717) is 17.5 Å². The van der Waals surface area contributed by atoms with Gasteiger partial charge in [0.1, 0.15) is 12.7 Å². The van der Waals surface area contributed by atoms with Gasteiger partial charge in [-0.1, -0.05) is 42.5 Å². The number of esters is 2. The molecule has 2 aromatic rings. The van der Waals surface area contributed by atoms with Crippen molar-refractivity contribution in [3.05, 3.63) is 65.7 Å². The minimum absolute atomic E-state index is 0.142. The number of carbonyl (C=O) groups excluding carboxylic acids is 3. The van der Waals surface area contributed by atoms with Gasteiger partial charge in [0.2, 0.25) is 0 Å². The lowest BCUT2D eigenvalue weighted by Gasteiger charge is -2.15. The van der Waals surface area contributed by atoms with Crippen LogP contribution in [0.25, 0.3) is 0 Å². The third-order valence-electron chi connectivity index (χ3n) is 3.32. The Bertz CT molecular complexity index is 775. The third kappa shape index (κ3) is 7.52. The van der Waals surface area contributed by atoms with Crippen molar-refractivity contribution >= 4 is 30.1 Å². The van der Waals surface area contributed by atoms with E-state index in [1.165, 1.54) is 14.2 Å². The predicted octanol–water partition coefficient (Wildman–Crippen LogP) is 2.69. The highest BCUT2D eigenvalue weighted by Gasteiger charge is 2.13. The molecule has 7 heteroatoms. The Hall–Kier alpha value is -3.48. The molecule has 0 N–H and O–H groups in total. The van der Waals surface area contributed by atoms with Gasteiger partial charge in [0.15, 0.2) is 0 Å². The van der Waals surface area contributed by atoms with Crippen molar-refractivity contribution in [2.45, 2.75) is 6.42 Å². The van der Waals surface area contributed by atoms with Gasteiger partial charge < -0.3 is 14.3 Å². The van der Waals surface area contributed by atoms with Crippen LogP contribution in [0.15, 0.2) is 59.7 Å². The number of hydrogen-bond acceptors (Lipinski definition) is 7. The van der Waals surface area contributed by atoms with Crippen LogP contribution in [0.2, 0.25) is 0 Å². The monoisotopic (exact) mass is 370 g/mol. The molecule has 0 aromatic heterocycles. The summed E-state index contributed by atoms with van der Waals surface area (Å²) in [4.78, 5) is 31.1. The summed E-state index contributed by atoms with van der Waals surface area (Å²) in [6.07, 6.45) is 2.11. The van der Waals surface area contributed by atoms with Crippen molar-refractivity contribution < 1.29 is 23.9 Å². The zero-order valence-corrected chi connectivity index (χ0v) is 15.5. The smallest absolute Gasteiger partial charge is 0.340 e. The molecule has 0 unspecified atom stereocenters. The van der Waals surface area contributed by atoms with Gasteiger partial charge in [-0.05, 0) is 17.7 Å². The molecule has 0 atom stereocenters. The second-order valence-electron chi connectivity index (χ2n) is 5.13. The average molecular weight is 370 g/mol. The van der Waals surface area contributed by atoms with Gasteiger partial charge in [-0.25, -0.2) is 4.79 Å². The molecule has 0 heterocycles. The first-order chi connectivity index (χ1) is 13.0. The lowest BCUT2D eigenvalue weighted by molar-refractivity contribution is -0.141. The lowest BCUT2D eigenvalue weighted by atomic mass is 10.2. The lowest BCUT2D eigenvalue weighted by Crippen LogP contribution is -2.14. The van der Waals surface area contributed by atoms with Crippen molar-refractivity contribution in [1.29, 1.82) is 0 Å². The van der Waals surface area contributed by atoms with E-state index in [1.54, 1.807) is 30.4 Å². The highest BCUT2D eigenvalue weighted by molar-refractivity contribution is 5.96. The van der Waals surface area contributed by atoms with E-state index in [9.17, 15) is 14.4 Å². The normalized spacial score (nSPS) is 9.74. The van der Waals surface area contributed by atoms with Crippen molar-refractivity contribution in [3.8, 4) is 0 Å². The van der Waals surface area contributed by atoms with Crippen LogP contribution >= 0.6 is 0 Å². The van der Waals surface area contributed by atoms with Gasteiger partial charge in [-0.15, -0.1) is 0 Å². The van der Waals surface area contributed by atoms with Gasteiger partial charge in [0.25, 0.3) is 0 Å². The Balaban J connectivity index is 0.000000445. The molecule has 2 aromatic carbocycles. The molecule has 0 aliphatic rings. The quantitative estimate of drug-likeness (QED) is 0.256. The number of anilines is 1. The highest BCUT2D eigenvalue weighted by atomic mass is 16.5. The topological polar surface area (TPSA) is 85.3 Å². The van der Waals surface area contributed by atoms with E-state index >= 15 is 0 Å². The molecule has 142 valence electrons. The molecule has 0 amide bonds. The summed E-state index contributed by atoms with van der Waals surface area (Å²) in [5.74, 6) is -0.864. The van der Waals surface area contributed by atoms with Gasteiger partial charge in [0, 0.05) is 7.05 Å². The minimum Gasteiger partial charge on any atom is -0.469 e. The number of benzene rings is 2. The fourth-order valence-corrected chi connectivity index (χ4v) is 1.94. The maximum absolute atomic E-state index is 11.7. The number of carbonyl (C=O) groups is 3. The van der Waals surface area contributed by atoms with Gasteiger partial charge in [-0.3, -0.25) is 9.80 Å². The Morgan fingerprint density at radius 1 is 1.00 bits per heavy atom. The first kappa shape index (κ1) is 21.6. The molecule has 2 rings (SSSR count). The second kappa shape index (κ2) is 12.0. The summed E-state index contributed by atoms with van der Waals surface area (Å²) in [6.45, 7) is 0. The van der Waals surface area contributed by atoms with E-state index in [4.69, 9.17) is 4.74 Å². The van der Waals surface area contributed by atoms with Crippen molar-refractivity contribution in [1.82, 2.24) is 0 Å². The van der Waals surface area contributed by atoms with E-state index in [1.807, 2.05) is 42.5 Å². The summed E-state index contributed by atoms with van der Waals surface area (Å²) < 4.78 is 8.89. The van der Waals surface area contributed by atoms with Crippen LogP contribution in [-0.2, 0) is 19.1 Å². The van der Waals surface area contributed by atoms with Gasteiger partial charge in [-0.2, -0.15) is 5.10 Å². The molecule has 0 fully saturated rings. The standard InChI is InChI=1S/C16H16N2O2.C4H6O3/c1-18(17-12-13-8-4-3-5-9-13)15-11-7-6-10-14(15)16(19)20-2;1-7-4(6)2-3-5/h3-12H,1-2H3;3H,2H2,1H3/b17-12+;. The maximum Gasteiger partial charge on any atom is 0.340 e. The number of methoxy groups -OCH3 is 2. The molecule has 0 aliphatic heterocycles.